The van der Waals surface area contributed by atoms with Crippen molar-refractivity contribution in [3.63, 3.8) is 0 Å². The minimum absolute atomic E-state index is 0.0366. The van der Waals surface area contributed by atoms with Crippen LogP contribution in [0.4, 0.5) is 0 Å². The molecule has 2 aromatic carbocycles. The molecule has 0 spiro atoms. The molecule has 0 saturated carbocycles. The molecule has 4 rings (SSSR count). The summed E-state index contributed by atoms with van der Waals surface area (Å²) in [6.07, 6.45) is 0. The molecule has 0 radical (unpaired) electrons. The van der Waals surface area contributed by atoms with E-state index in [-0.39, 0.29) is 12.5 Å². The standard InChI is InChI=1S/C23H25N3O3S/c1-28-19-9-7-18(8-10-19)21-17-30-22(24-21)15-25-11-13-26(14-12-25)23(27)16-29-20-5-3-2-4-6-20/h2-10,17H,11-16H2,1H3. The Hall–Kier alpha value is -2.90. The summed E-state index contributed by atoms with van der Waals surface area (Å²) in [6.45, 7) is 4.01. The Bertz CT molecular complexity index is 951. The average Bonchev–Trinajstić information content (AvgIpc) is 3.27. The number of thiazole rings is 1. The van der Waals surface area contributed by atoms with Crippen LogP contribution in [0.2, 0.25) is 0 Å². The predicted molar refractivity (Wildman–Crippen MR) is 118 cm³/mol. The zero-order chi connectivity index (χ0) is 20.8. The van der Waals surface area contributed by atoms with Gasteiger partial charge in [0.05, 0.1) is 19.3 Å². The SMILES string of the molecule is COc1ccc(-c2csc(CN3CCN(C(=O)COc4ccccc4)CC3)n2)cc1. The molecule has 30 heavy (non-hydrogen) atoms. The van der Waals surface area contributed by atoms with Gasteiger partial charge in [0.2, 0.25) is 0 Å². The fourth-order valence-corrected chi connectivity index (χ4v) is 4.22. The van der Waals surface area contributed by atoms with Crippen LogP contribution in [0.25, 0.3) is 11.3 Å². The smallest absolute Gasteiger partial charge is 0.260 e. The molecule has 7 heteroatoms. The van der Waals surface area contributed by atoms with E-state index in [0.717, 1.165) is 47.4 Å². The highest BCUT2D eigenvalue weighted by molar-refractivity contribution is 7.09. The third kappa shape index (κ3) is 5.17. The maximum absolute atomic E-state index is 12.4. The lowest BCUT2D eigenvalue weighted by atomic mass is 10.2. The second-order valence-corrected chi connectivity index (χ2v) is 8.06. The van der Waals surface area contributed by atoms with Crippen molar-refractivity contribution >= 4 is 17.2 Å². The van der Waals surface area contributed by atoms with Gasteiger partial charge >= 0.3 is 0 Å². The van der Waals surface area contributed by atoms with Crippen LogP contribution in [-0.4, -0.2) is 60.6 Å². The van der Waals surface area contributed by atoms with Crippen molar-refractivity contribution in [1.82, 2.24) is 14.8 Å². The van der Waals surface area contributed by atoms with Gasteiger partial charge in [0.25, 0.3) is 5.91 Å². The van der Waals surface area contributed by atoms with Gasteiger partial charge in [-0.1, -0.05) is 18.2 Å². The molecule has 0 bridgehead atoms. The highest BCUT2D eigenvalue weighted by Gasteiger charge is 2.22. The molecule has 0 unspecified atom stereocenters. The number of carbonyl (C=O) groups excluding carboxylic acids is 1. The summed E-state index contributed by atoms with van der Waals surface area (Å²) in [5.41, 5.74) is 2.08. The Morgan fingerprint density at radius 3 is 2.43 bits per heavy atom. The van der Waals surface area contributed by atoms with E-state index in [2.05, 4.69) is 10.3 Å². The quantitative estimate of drug-likeness (QED) is 0.582. The summed E-state index contributed by atoms with van der Waals surface area (Å²) in [5, 5.41) is 3.19. The number of hydrogen-bond donors (Lipinski definition) is 0. The van der Waals surface area contributed by atoms with E-state index in [0.29, 0.717) is 13.1 Å². The molecule has 156 valence electrons. The topological polar surface area (TPSA) is 54.9 Å². The monoisotopic (exact) mass is 423 g/mol. The second-order valence-electron chi connectivity index (χ2n) is 7.11. The number of benzene rings is 2. The van der Waals surface area contributed by atoms with Crippen LogP contribution in [0.5, 0.6) is 11.5 Å². The number of rotatable bonds is 7. The molecule has 3 aromatic rings. The predicted octanol–water partition coefficient (Wildman–Crippen LogP) is 3.54. The Balaban J connectivity index is 1.24. The zero-order valence-corrected chi connectivity index (χ0v) is 17.8. The first-order valence-electron chi connectivity index (χ1n) is 9.98. The van der Waals surface area contributed by atoms with E-state index in [9.17, 15) is 4.79 Å². The first kappa shape index (κ1) is 20.4. The van der Waals surface area contributed by atoms with Crippen LogP contribution < -0.4 is 9.47 Å². The third-order valence-corrected chi connectivity index (χ3v) is 5.96. The van der Waals surface area contributed by atoms with E-state index in [4.69, 9.17) is 14.5 Å². The molecule has 1 aromatic heterocycles. The van der Waals surface area contributed by atoms with Crippen LogP contribution in [0.1, 0.15) is 5.01 Å². The van der Waals surface area contributed by atoms with Crippen molar-refractivity contribution in [2.24, 2.45) is 0 Å². The van der Waals surface area contributed by atoms with Gasteiger partial charge in [0.15, 0.2) is 6.61 Å². The molecule has 1 fully saturated rings. The van der Waals surface area contributed by atoms with Crippen molar-refractivity contribution in [3.8, 4) is 22.8 Å². The lowest BCUT2D eigenvalue weighted by molar-refractivity contribution is -0.135. The first-order valence-corrected chi connectivity index (χ1v) is 10.9. The number of methoxy groups -OCH3 is 1. The number of para-hydroxylation sites is 1. The van der Waals surface area contributed by atoms with Gasteiger partial charge in [-0.15, -0.1) is 11.3 Å². The number of aromatic nitrogens is 1. The fraction of sp³-hybridized carbons (Fsp3) is 0.304. The number of amides is 1. The van der Waals surface area contributed by atoms with Crippen LogP contribution in [0.3, 0.4) is 0 Å². The fourth-order valence-electron chi connectivity index (χ4n) is 3.38. The summed E-state index contributed by atoms with van der Waals surface area (Å²) in [7, 11) is 1.67. The van der Waals surface area contributed by atoms with Crippen molar-refractivity contribution in [3.05, 3.63) is 65.0 Å². The highest BCUT2D eigenvalue weighted by atomic mass is 32.1. The molecule has 1 aliphatic rings. The first-order chi connectivity index (χ1) is 14.7. The van der Waals surface area contributed by atoms with Gasteiger partial charge in [-0.25, -0.2) is 4.98 Å². The highest BCUT2D eigenvalue weighted by Crippen LogP contribution is 2.25. The lowest BCUT2D eigenvalue weighted by Crippen LogP contribution is -2.49. The molecule has 0 N–H and O–H groups in total. The molecule has 1 aliphatic heterocycles. The van der Waals surface area contributed by atoms with Gasteiger partial charge < -0.3 is 14.4 Å². The Labute approximate surface area is 180 Å². The number of piperazine rings is 1. The van der Waals surface area contributed by atoms with Gasteiger partial charge in [-0.05, 0) is 36.4 Å². The van der Waals surface area contributed by atoms with Crippen molar-refractivity contribution in [2.75, 3.05) is 39.9 Å². The van der Waals surface area contributed by atoms with E-state index in [1.165, 1.54) is 0 Å². The largest absolute Gasteiger partial charge is 0.497 e. The Morgan fingerprint density at radius 2 is 1.73 bits per heavy atom. The summed E-state index contributed by atoms with van der Waals surface area (Å²) < 4.78 is 10.8. The maximum atomic E-state index is 12.4. The van der Waals surface area contributed by atoms with E-state index < -0.39 is 0 Å². The van der Waals surface area contributed by atoms with Crippen LogP contribution in [0, 0.1) is 0 Å². The van der Waals surface area contributed by atoms with Gasteiger partial charge in [-0.3, -0.25) is 9.69 Å². The summed E-state index contributed by atoms with van der Waals surface area (Å²) in [4.78, 5) is 21.4. The number of hydrogen-bond acceptors (Lipinski definition) is 6. The molecule has 0 aliphatic carbocycles. The minimum atomic E-state index is 0.0366. The van der Waals surface area contributed by atoms with Crippen molar-refractivity contribution in [2.45, 2.75) is 6.54 Å². The summed E-state index contributed by atoms with van der Waals surface area (Å²) in [5.74, 6) is 1.60. The number of nitrogens with zero attached hydrogens (tertiary/aromatic N) is 3. The van der Waals surface area contributed by atoms with Gasteiger partial charge in [0.1, 0.15) is 16.5 Å². The van der Waals surface area contributed by atoms with E-state index in [1.54, 1.807) is 18.4 Å². The van der Waals surface area contributed by atoms with E-state index in [1.807, 2.05) is 59.5 Å². The molecule has 2 heterocycles. The molecule has 1 amide bonds. The zero-order valence-electron chi connectivity index (χ0n) is 17.0. The second kappa shape index (κ2) is 9.73. The van der Waals surface area contributed by atoms with Gasteiger partial charge in [-0.2, -0.15) is 0 Å². The Morgan fingerprint density at radius 1 is 1.00 bits per heavy atom. The van der Waals surface area contributed by atoms with E-state index >= 15 is 0 Å². The average molecular weight is 424 g/mol. The molecule has 6 nitrogen and oxygen atoms in total. The van der Waals surface area contributed by atoms with Crippen LogP contribution in [-0.2, 0) is 11.3 Å². The summed E-state index contributed by atoms with van der Waals surface area (Å²) >= 11 is 1.68. The molecule has 1 saturated heterocycles. The molecule has 0 atom stereocenters. The number of ether oxygens (including phenoxy) is 2. The number of carbonyl (C=O) groups is 1. The lowest BCUT2D eigenvalue weighted by Gasteiger charge is -2.34. The van der Waals surface area contributed by atoms with Crippen LogP contribution in [0.15, 0.2) is 60.0 Å². The third-order valence-electron chi connectivity index (χ3n) is 5.13. The molecular weight excluding hydrogens is 398 g/mol. The normalized spacial score (nSPS) is 14.5. The Kier molecular flexibility index (Phi) is 6.61. The minimum Gasteiger partial charge on any atom is -0.497 e. The summed E-state index contributed by atoms with van der Waals surface area (Å²) in [6, 6.07) is 17.4. The maximum Gasteiger partial charge on any atom is 0.260 e. The van der Waals surface area contributed by atoms with Crippen molar-refractivity contribution in [1.29, 1.82) is 0 Å². The molecular formula is C23H25N3O3S. The van der Waals surface area contributed by atoms with Crippen LogP contribution >= 0.6 is 11.3 Å². The van der Waals surface area contributed by atoms with Gasteiger partial charge in [0, 0.05) is 37.1 Å². The van der Waals surface area contributed by atoms with Crippen molar-refractivity contribution < 1.29 is 14.3 Å².